The van der Waals surface area contributed by atoms with E-state index < -0.39 is 41.0 Å². The van der Waals surface area contributed by atoms with Crippen LogP contribution in [0.3, 0.4) is 0 Å². The van der Waals surface area contributed by atoms with E-state index in [1.54, 1.807) is 0 Å². The smallest absolute Gasteiger partial charge is 0.311 e. The molecular weight excluding hydrogens is 257 g/mol. The summed E-state index contributed by atoms with van der Waals surface area (Å²) in [6, 6.07) is 2.73. The van der Waals surface area contributed by atoms with Crippen molar-refractivity contribution in [3.8, 4) is 5.75 Å². The molecule has 0 bridgehead atoms. The molecule has 7 heteroatoms. The van der Waals surface area contributed by atoms with E-state index >= 15 is 0 Å². The molecule has 0 spiro atoms. The van der Waals surface area contributed by atoms with Crippen molar-refractivity contribution < 1.29 is 28.9 Å². The van der Waals surface area contributed by atoms with Crippen LogP contribution in [0.5, 0.6) is 5.75 Å². The van der Waals surface area contributed by atoms with E-state index in [0.29, 0.717) is 0 Å². The largest absolute Gasteiger partial charge is 0.507 e. The number of phenols is 1. The summed E-state index contributed by atoms with van der Waals surface area (Å²) in [6.45, 7) is 0.0292. The molecule has 1 aliphatic rings. The van der Waals surface area contributed by atoms with Gasteiger partial charge in [-0.1, -0.05) is 6.07 Å². The number of aromatic hydroxyl groups is 1. The van der Waals surface area contributed by atoms with E-state index in [1.807, 2.05) is 0 Å². The second-order valence-corrected chi connectivity index (χ2v) is 4.20. The standard InChI is InChI=1S/C12H12FNO5/c13-7-2-1-3-9(15)10(7)11(16)14-8-5-19-4-6(8)12(17)18/h1-3,6,8,15H,4-5H2,(H,14,16)(H,17,18). The van der Waals surface area contributed by atoms with E-state index in [0.717, 1.165) is 6.07 Å². The Balaban J connectivity index is 2.15. The first-order valence-electron chi connectivity index (χ1n) is 5.59. The summed E-state index contributed by atoms with van der Waals surface area (Å²) < 4.78 is 18.4. The monoisotopic (exact) mass is 269 g/mol. The van der Waals surface area contributed by atoms with E-state index in [9.17, 15) is 19.1 Å². The number of carboxylic acids is 1. The predicted octanol–water partition coefficient (Wildman–Crippen LogP) is 0.361. The van der Waals surface area contributed by atoms with Crippen LogP contribution in [0.2, 0.25) is 0 Å². The van der Waals surface area contributed by atoms with Crippen molar-refractivity contribution in [3.63, 3.8) is 0 Å². The van der Waals surface area contributed by atoms with Gasteiger partial charge in [-0.2, -0.15) is 0 Å². The molecule has 2 rings (SSSR count). The second kappa shape index (κ2) is 5.23. The molecule has 102 valence electrons. The van der Waals surface area contributed by atoms with Crippen molar-refractivity contribution in [3.05, 3.63) is 29.6 Å². The highest BCUT2D eigenvalue weighted by molar-refractivity contribution is 5.97. The number of halogens is 1. The SMILES string of the molecule is O=C(NC1COCC1C(=O)O)c1c(O)cccc1F. The fraction of sp³-hybridized carbons (Fsp3) is 0.333. The third kappa shape index (κ3) is 2.65. The molecule has 2 atom stereocenters. The van der Waals surface area contributed by atoms with Gasteiger partial charge in [0.1, 0.15) is 23.0 Å². The van der Waals surface area contributed by atoms with Crippen LogP contribution in [0, 0.1) is 11.7 Å². The molecule has 3 N–H and O–H groups in total. The maximum atomic E-state index is 13.5. The maximum absolute atomic E-state index is 13.5. The summed E-state index contributed by atoms with van der Waals surface area (Å²) in [5, 5.41) is 20.7. The predicted molar refractivity (Wildman–Crippen MR) is 61.3 cm³/mol. The highest BCUT2D eigenvalue weighted by Gasteiger charge is 2.35. The van der Waals surface area contributed by atoms with Crippen molar-refractivity contribution in [2.45, 2.75) is 6.04 Å². The molecule has 0 aromatic heterocycles. The number of ether oxygens (including phenoxy) is 1. The summed E-state index contributed by atoms with van der Waals surface area (Å²) in [4.78, 5) is 22.8. The third-order valence-corrected chi connectivity index (χ3v) is 2.93. The Bertz CT molecular complexity index is 499. The molecule has 1 amide bonds. The van der Waals surface area contributed by atoms with Gasteiger partial charge in [0.2, 0.25) is 0 Å². The normalized spacial score (nSPS) is 22.2. The summed E-state index contributed by atoms with van der Waals surface area (Å²) in [7, 11) is 0. The number of hydrogen-bond acceptors (Lipinski definition) is 4. The summed E-state index contributed by atoms with van der Waals surface area (Å²) in [5.74, 6) is -4.21. The molecule has 1 aliphatic heterocycles. The molecule has 6 nitrogen and oxygen atoms in total. The number of rotatable bonds is 3. The lowest BCUT2D eigenvalue weighted by atomic mass is 10.0. The topological polar surface area (TPSA) is 95.9 Å². The van der Waals surface area contributed by atoms with E-state index in [4.69, 9.17) is 9.84 Å². The average Bonchev–Trinajstić information content (AvgIpc) is 2.76. The fourth-order valence-corrected chi connectivity index (χ4v) is 1.92. The van der Waals surface area contributed by atoms with Crippen molar-refractivity contribution >= 4 is 11.9 Å². The van der Waals surface area contributed by atoms with Crippen LogP contribution in [0.4, 0.5) is 4.39 Å². The summed E-state index contributed by atoms with van der Waals surface area (Å²) in [5.41, 5.74) is -0.501. The highest BCUT2D eigenvalue weighted by Crippen LogP contribution is 2.21. The third-order valence-electron chi connectivity index (χ3n) is 2.93. The molecule has 1 heterocycles. The van der Waals surface area contributed by atoms with Gasteiger partial charge in [0.05, 0.1) is 19.3 Å². The maximum Gasteiger partial charge on any atom is 0.311 e. The first kappa shape index (κ1) is 13.3. The number of carboxylic acid groups (broad SMARTS) is 1. The van der Waals surface area contributed by atoms with Gasteiger partial charge in [0.15, 0.2) is 0 Å². The van der Waals surface area contributed by atoms with Gasteiger partial charge in [-0.25, -0.2) is 4.39 Å². The lowest BCUT2D eigenvalue weighted by Crippen LogP contribution is -2.42. The Morgan fingerprint density at radius 3 is 2.74 bits per heavy atom. The van der Waals surface area contributed by atoms with Gasteiger partial charge < -0.3 is 20.3 Å². The van der Waals surface area contributed by atoms with Crippen LogP contribution in [-0.2, 0) is 9.53 Å². The van der Waals surface area contributed by atoms with Gasteiger partial charge in [-0.3, -0.25) is 9.59 Å². The zero-order chi connectivity index (χ0) is 14.0. The molecule has 0 radical (unpaired) electrons. The van der Waals surface area contributed by atoms with Gasteiger partial charge >= 0.3 is 5.97 Å². The Morgan fingerprint density at radius 1 is 1.37 bits per heavy atom. The molecule has 0 aliphatic carbocycles. The van der Waals surface area contributed by atoms with Crippen molar-refractivity contribution in [2.24, 2.45) is 5.92 Å². The number of nitrogens with one attached hydrogen (secondary N) is 1. The van der Waals surface area contributed by atoms with Gasteiger partial charge in [0.25, 0.3) is 5.91 Å². The molecule has 2 unspecified atom stereocenters. The summed E-state index contributed by atoms with van der Waals surface area (Å²) in [6.07, 6.45) is 0. The first-order chi connectivity index (χ1) is 9.00. The quantitative estimate of drug-likeness (QED) is 0.736. The van der Waals surface area contributed by atoms with Crippen LogP contribution < -0.4 is 5.32 Å². The number of aliphatic carboxylic acids is 1. The zero-order valence-electron chi connectivity index (χ0n) is 9.80. The van der Waals surface area contributed by atoms with Gasteiger partial charge in [0, 0.05) is 0 Å². The molecule has 1 aromatic carbocycles. The minimum absolute atomic E-state index is 0.0104. The Kier molecular flexibility index (Phi) is 3.66. The Hall–Kier alpha value is -2.15. The zero-order valence-corrected chi connectivity index (χ0v) is 9.80. The van der Waals surface area contributed by atoms with Crippen LogP contribution in [0.25, 0.3) is 0 Å². The lowest BCUT2D eigenvalue weighted by Gasteiger charge is -2.16. The number of phenolic OH excluding ortho intramolecular Hbond substituents is 1. The van der Waals surface area contributed by atoms with Gasteiger partial charge in [-0.15, -0.1) is 0 Å². The van der Waals surface area contributed by atoms with E-state index in [1.165, 1.54) is 12.1 Å². The minimum atomic E-state index is -1.10. The van der Waals surface area contributed by atoms with Crippen LogP contribution in [-0.4, -0.2) is 41.3 Å². The number of hydrogen-bond donors (Lipinski definition) is 3. The van der Waals surface area contributed by atoms with Crippen LogP contribution in [0.15, 0.2) is 18.2 Å². The number of benzene rings is 1. The summed E-state index contributed by atoms with van der Waals surface area (Å²) >= 11 is 0. The van der Waals surface area contributed by atoms with Gasteiger partial charge in [-0.05, 0) is 12.1 Å². The van der Waals surface area contributed by atoms with Crippen molar-refractivity contribution in [1.82, 2.24) is 5.32 Å². The molecule has 1 fully saturated rings. The van der Waals surface area contributed by atoms with E-state index in [2.05, 4.69) is 5.32 Å². The second-order valence-electron chi connectivity index (χ2n) is 4.20. The van der Waals surface area contributed by atoms with E-state index in [-0.39, 0.29) is 13.2 Å². The Labute approximate surface area is 107 Å². The fourth-order valence-electron chi connectivity index (χ4n) is 1.92. The molecule has 19 heavy (non-hydrogen) atoms. The highest BCUT2D eigenvalue weighted by atomic mass is 19.1. The van der Waals surface area contributed by atoms with Crippen LogP contribution >= 0.6 is 0 Å². The molecule has 1 aromatic rings. The molecule has 1 saturated heterocycles. The number of carbonyl (C=O) groups is 2. The molecular formula is C12H12FNO5. The van der Waals surface area contributed by atoms with Crippen molar-refractivity contribution in [1.29, 1.82) is 0 Å². The lowest BCUT2D eigenvalue weighted by molar-refractivity contribution is -0.142. The van der Waals surface area contributed by atoms with Crippen molar-refractivity contribution in [2.75, 3.05) is 13.2 Å². The van der Waals surface area contributed by atoms with Crippen LogP contribution in [0.1, 0.15) is 10.4 Å². The number of carbonyl (C=O) groups excluding carboxylic acids is 1. The first-order valence-corrected chi connectivity index (χ1v) is 5.59. The Morgan fingerprint density at radius 2 is 2.11 bits per heavy atom. The molecule has 0 saturated carbocycles. The number of amides is 1. The average molecular weight is 269 g/mol. The minimum Gasteiger partial charge on any atom is -0.507 e.